The summed E-state index contributed by atoms with van der Waals surface area (Å²) in [6.45, 7) is -2.00. The van der Waals surface area contributed by atoms with Gasteiger partial charge in [-0.3, -0.25) is 9.59 Å². The van der Waals surface area contributed by atoms with Crippen LogP contribution in [0.2, 0.25) is 0 Å². The molecule has 19 heteroatoms. The van der Waals surface area contributed by atoms with Gasteiger partial charge in [0.1, 0.15) is 5.82 Å². The average molecular weight is 655 g/mol. The second-order valence-corrected chi connectivity index (χ2v) is 10.9. The Morgan fingerprint density at radius 1 is 0.750 bits per heavy atom. The van der Waals surface area contributed by atoms with Crippen LogP contribution in [-0.2, 0) is 25.8 Å². The minimum atomic E-state index is -5.56. The maximum Gasteiger partial charge on any atom is 0.472 e. The minimum absolute atomic E-state index is 0.0705. The molecule has 0 atom stereocenters. The third-order valence-corrected chi connectivity index (χ3v) is 7.55. The van der Waals surface area contributed by atoms with Crippen molar-refractivity contribution < 1.29 is 57.5 Å². The summed E-state index contributed by atoms with van der Waals surface area (Å²) in [5.41, 5.74) is -0.797. The van der Waals surface area contributed by atoms with Crippen molar-refractivity contribution in [1.82, 2.24) is 19.6 Å². The number of rotatable bonds is 5. The molecule has 1 aromatic heterocycles. The summed E-state index contributed by atoms with van der Waals surface area (Å²) in [5, 5.41) is 0. The van der Waals surface area contributed by atoms with E-state index in [9.17, 15) is 57.5 Å². The number of benzene rings is 2. The zero-order valence-corrected chi connectivity index (χ0v) is 22.6. The van der Waals surface area contributed by atoms with E-state index in [1.807, 2.05) is 0 Å². The summed E-state index contributed by atoms with van der Waals surface area (Å²) >= 11 is 0. The van der Waals surface area contributed by atoms with Crippen LogP contribution in [0.1, 0.15) is 5.82 Å². The molecule has 1 aliphatic heterocycles. The van der Waals surface area contributed by atoms with Crippen LogP contribution in [0.25, 0.3) is 22.4 Å². The quantitative estimate of drug-likeness (QED) is 0.406. The molecule has 2 amide bonds. The molecule has 2 heterocycles. The molecule has 0 aliphatic carbocycles. The Kier molecular flexibility index (Phi) is 8.55. The molecule has 0 saturated carbocycles. The number of nitrogens with zero attached hydrogens (tertiary/aromatic N) is 4. The molecule has 2 aromatic carbocycles. The number of hydrogen-bond acceptors (Lipinski definition) is 7. The maximum atomic E-state index is 14.0. The topological polar surface area (TPSA) is 113 Å². The largest absolute Gasteiger partial charge is 0.472 e. The first-order valence-electron chi connectivity index (χ1n) is 12.2. The molecule has 44 heavy (non-hydrogen) atoms. The average Bonchev–Trinajstić information content (AvgIpc) is 2.95. The molecule has 0 radical (unpaired) electrons. The smallest absolute Gasteiger partial charge is 0.352 e. The molecule has 0 bridgehead atoms. The summed E-state index contributed by atoms with van der Waals surface area (Å²) in [5.74, 6) is -7.10. The first-order valence-corrected chi connectivity index (χ1v) is 13.7. The highest BCUT2D eigenvalue weighted by atomic mass is 32.2. The van der Waals surface area contributed by atoms with E-state index in [2.05, 4.69) is 9.97 Å². The molecular formula is C25H18F9N5O4S. The zero-order chi connectivity index (χ0) is 32.7. The van der Waals surface area contributed by atoms with E-state index in [1.54, 1.807) is 0 Å². The molecule has 9 nitrogen and oxygen atoms in total. The van der Waals surface area contributed by atoms with Crippen molar-refractivity contribution in [3.63, 3.8) is 0 Å². The Balaban J connectivity index is 1.90. The van der Waals surface area contributed by atoms with Gasteiger partial charge in [0.2, 0.25) is 5.82 Å². The van der Waals surface area contributed by atoms with Gasteiger partial charge in [0, 0.05) is 31.7 Å². The number of carbonyl (C=O) groups is 2. The Labute approximate surface area is 242 Å². The monoisotopic (exact) mass is 655 g/mol. The summed E-state index contributed by atoms with van der Waals surface area (Å²) in [4.78, 5) is 31.0. The molecular weight excluding hydrogens is 637 g/mol. The second kappa shape index (κ2) is 11.6. The Morgan fingerprint density at radius 3 is 1.89 bits per heavy atom. The third-order valence-electron chi connectivity index (χ3n) is 6.22. The van der Waals surface area contributed by atoms with Crippen molar-refractivity contribution in [2.45, 2.75) is 23.4 Å². The Bertz CT molecular complexity index is 1670. The lowest BCUT2D eigenvalue weighted by Crippen LogP contribution is -2.52. The Hall–Kier alpha value is -4.42. The van der Waals surface area contributed by atoms with Gasteiger partial charge in [0.15, 0.2) is 0 Å². The molecule has 0 unspecified atom stereocenters. The van der Waals surface area contributed by atoms with Crippen LogP contribution in [-0.4, -0.2) is 73.6 Å². The summed E-state index contributed by atoms with van der Waals surface area (Å²) in [6.07, 6.45) is -15.9. The lowest BCUT2D eigenvalue weighted by Gasteiger charge is -2.37. The highest BCUT2D eigenvalue weighted by Crippen LogP contribution is 2.41. The van der Waals surface area contributed by atoms with Crippen molar-refractivity contribution in [2.24, 2.45) is 0 Å². The van der Waals surface area contributed by atoms with Crippen molar-refractivity contribution >= 4 is 27.7 Å². The van der Waals surface area contributed by atoms with Crippen LogP contribution in [0.4, 0.5) is 45.3 Å². The number of nitrogens with one attached hydrogen (secondary N) is 1. The zero-order valence-electron chi connectivity index (χ0n) is 21.8. The molecule has 1 N–H and O–H groups in total. The van der Waals surface area contributed by atoms with Gasteiger partial charge in [-0.2, -0.15) is 39.5 Å². The number of anilines is 1. The fourth-order valence-electron chi connectivity index (χ4n) is 4.23. The SMILES string of the molecule is O=C(NS(=O)(=O)c1cccc(-c2c(-c3ccccc3)nc(C(F)(F)F)nc2N2CCN(C(=O)C(F)(F)F)CC2)c1)C(F)(F)F. The second-order valence-electron chi connectivity index (χ2n) is 9.20. The normalized spacial score (nSPS) is 14.8. The fraction of sp³-hybridized carbons (Fsp3) is 0.280. The van der Waals surface area contributed by atoms with Gasteiger partial charge in [0.25, 0.3) is 10.0 Å². The van der Waals surface area contributed by atoms with Crippen molar-refractivity contribution in [2.75, 3.05) is 31.1 Å². The molecule has 1 saturated heterocycles. The lowest BCUT2D eigenvalue weighted by atomic mass is 9.98. The fourth-order valence-corrected chi connectivity index (χ4v) is 5.25. The number of alkyl halides is 9. The standard InChI is InChI=1S/C25H18F9N5O4S/c26-23(27,28)20-35-18(14-5-2-1-3-6-14)17(19(36-20)38-9-11-39(12-10-38)22(41)25(32,33)34)15-7-4-8-16(13-15)44(42,43)37-21(40)24(29,30)31/h1-8,13H,9-12H2,(H,37,40). The summed E-state index contributed by atoms with van der Waals surface area (Å²) < 4.78 is 145. The van der Waals surface area contributed by atoms with Crippen molar-refractivity contribution in [1.29, 1.82) is 0 Å². The van der Waals surface area contributed by atoms with Crippen LogP contribution in [0.15, 0.2) is 59.5 Å². The number of aromatic nitrogens is 2. The number of hydrogen-bond donors (Lipinski definition) is 1. The van der Waals surface area contributed by atoms with Gasteiger partial charge in [-0.05, 0) is 17.7 Å². The summed E-state index contributed by atoms with van der Waals surface area (Å²) in [6, 6.07) is 11.0. The number of sulfonamides is 1. The molecule has 236 valence electrons. The van der Waals surface area contributed by atoms with Crippen LogP contribution in [0.3, 0.4) is 0 Å². The first-order chi connectivity index (χ1) is 20.3. The highest BCUT2D eigenvalue weighted by Gasteiger charge is 2.44. The van der Waals surface area contributed by atoms with Crippen LogP contribution in [0, 0.1) is 0 Å². The predicted molar refractivity (Wildman–Crippen MR) is 134 cm³/mol. The van der Waals surface area contributed by atoms with E-state index >= 15 is 0 Å². The van der Waals surface area contributed by atoms with E-state index in [4.69, 9.17) is 0 Å². The van der Waals surface area contributed by atoms with E-state index in [-0.39, 0.29) is 16.7 Å². The van der Waals surface area contributed by atoms with Gasteiger partial charge in [0.05, 0.1) is 16.2 Å². The van der Waals surface area contributed by atoms with Crippen LogP contribution in [0.5, 0.6) is 0 Å². The predicted octanol–water partition coefficient (Wildman–Crippen LogP) is 4.41. The van der Waals surface area contributed by atoms with Crippen molar-refractivity contribution in [3.05, 3.63) is 60.4 Å². The van der Waals surface area contributed by atoms with Gasteiger partial charge >= 0.3 is 30.3 Å². The van der Waals surface area contributed by atoms with Gasteiger partial charge in [-0.1, -0.05) is 42.5 Å². The lowest BCUT2D eigenvalue weighted by molar-refractivity contribution is -0.185. The maximum absolute atomic E-state index is 14.0. The van der Waals surface area contributed by atoms with Crippen LogP contribution >= 0.6 is 0 Å². The van der Waals surface area contributed by atoms with E-state index in [1.165, 1.54) is 36.4 Å². The Morgan fingerprint density at radius 2 is 1.34 bits per heavy atom. The van der Waals surface area contributed by atoms with Crippen LogP contribution < -0.4 is 9.62 Å². The van der Waals surface area contributed by atoms with Gasteiger partial charge in [-0.15, -0.1) is 0 Å². The van der Waals surface area contributed by atoms with Gasteiger partial charge in [-0.25, -0.2) is 23.1 Å². The van der Waals surface area contributed by atoms with E-state index in [0.717, 1.165) is 27.8 Å². The molecule has 1 aliphatic rings. The molecule has 1 fully saturated rings. The first kappa shape index (κ1) is 32.5. The van der Waals surface area contributed by atoms with Gasteiger partial charge < -0.3 is 9.80 Å². The van der Waals surface area contributed by atoms with E-state index in [0.29, 0.717) is 4.90 Å². The summed E-state index contributed by atoms with van der Waals surface area (Å²) in [7, 11) is -5.16. The molecule has 4 rings (SSSR count). The molecule has 3 aromatic rings. The molecule has 0 spiro atoms. The van der Waals surface area contributed by atoms with Crippen molar-refractivity contribution in [3.8, 4) is 22.4 Å². The highest BCUT2D eigenvalue weighted by molar-refractivity contribution is 7.90. The number of piperazine rings is 1. The minimum Gasteiger partial charge on any atom is -0.352 e. The number of carbonyl (C=O) groups excluding carboxylic acids is 2. The van der Waals surface area contributed by atoms with E-state index < -0.39 is 88.8 Å². The number of halogens is 9. The number of amides is 2. The third kappa shape index (κ3) is 7.03.